The first kappa shape index (κ1) is 16.1. The molecule has 1 heterocycles. The van der Waals surface area contributed by atoms with Crippen LogP contribution in [-0.4, -0.2) is 15.9 Å². The number of hydrogen-bond acceptors (Lipinski definition) is 5. The van der Waals surface area contributed by atoms with Crippen molar-refractivity contribution < 1.29 is 4.79 Å². The molecule has 3 aromatic rings. The van der Waals surface area contributed by atoms with Crippen molar-refractivity contribution in [2.24, 2.45) is 0 Å². The first-order valence-electron chi connectivity index (χ1n) is 7.66. The molecule has 0 fully saturated rings. The number of carbonyl (C=O) groups is 1. The fourth-order valence-electron chi connectivity index (χ4n) is 2.25. The van der Waals surface area contributed by atoms with E-state index < -0.39 is 0 Å². The molecule has 0 saturated heterocycles. The molecule has 122 valence electrons. The van der Waals surface area contributed by atoms with E-state index in [0.717, 1.165) is 16.9 Å². The van der Waals surface area contributed by atoms with Crippen LogP contribution in [0.25, 0.3) is 11.3 Å². The van der Waals surface area contributed by atoms with Gasteiger partial charge in [-0.15, -0.1) is 0 Å². The Kier molecular flexibility index (Phi) is 4.98. The van der Waals surface area contributed by atoms with Crippen molar-refractivity contribution in [1.29, 1.82) is 5.26 Å². The Hall–Kier alpha value is -3.72. The van der Waals surface area contributed by atoms with Gasteiger partial charge >= 0.3 is 0 Å². The number of aromatic nitrogens is 2. The van der Waals surface area contributed by atoms with Crippen molar-refractivity contribution >= 4 is 23.1 Å². The molecule has 0 aliphatic heterocycles. The number of benzene rings is 2. The second-order valence-electron chi connectivity index (χ2n) is 5.24. The number of anilines is 3. The van der Waals surface area contributed by atoms with E-state index in [-0.39, 0.29) is 12.3 Å². The van der Waals surface area contributed by atoms with E-state index in [1.807, 2.05) is 54.6 Å². The molecule has 0 radical (unpaired) electrons. The molecule has 3 rings (SSSR count). The number of nitrogens with zero attached hydrogens (tertiary/aromatic N) is 3. The number of nitriles is 1. The fourth-order valence-corrected chi connectivity index (χ4v) is 2.25. The van der Waals surface area contributed by atoms with Gasteiger partial charge in [0.05, 0.1) is 11.8 Å². The number of nitrogens with one attached hydrogen (secondary N) is 2. The maximum Gasteiger partial charge on any atom is 0.238 e. The van der Waals surface area contributed by atoms with Crippen LogP contribution >= 0.6 is 0 Å². The Morgan fingerprint density at radius 1 is 1.00 bits per heavy atom. The molecule has 6 heteroatoms. The second-order valence-corrected chi connectivity index (χ2v) is 5.24. The molecule has 0 unspecified atom stereocenters. The fraction of sp³-hybridized carbons (Fsp3) is 0.0526. The van der Waals surface area contributed by atoms with Crippen molar-refractivity contribution in [3.63, 3.8) is 0 Å². The Balaban J connectivity index is 1.71. The molecule has 0 bridgehead atoms. The summed E-state index contributed by atoms with van der Waals surface area (Å²) in [5.74, 6) is 0.349. The summed E-state index contributed by atoms with van der Waals surface area (Å²) in [6, 6.07) is 20.7. The van der Waals surface area contributed by atoms with Gasteiger partial charge in [-0.05, 0) is 24.3 Å². The van der Waals surface area contributed by atoms with Crippen molar-refractivity contribution in [2.75, 3.05) is 10.6 Å². The highest BCUT2D eigenvalue weighted by Crippen LogP contribution is 2.21. The minimum Gasteiger partial charge on any atom is -0.340 e. The lowest BCUT2D eigenvalue weighted by Gasteiger charge is -2.08. The molecule has 1 aromatic heterocycles. The summed E-state index contributed by atoms with van der Waals surface area (Å²) in [4.78, 5) is 19.9. The lowest BCUT2D eigenvalue weighted by atomic mass is 10.1. The summed E-state index contributed by atoms with van der Waals surface area (Å²) in [6.45, 7) is 0. The van der Waals surface area contributed by atoms with Crippen molar-refractivity contribution in [3.8, 4) is 17.3 Å². The predicted octanol–water partition coefficient (Wildman–Crippen LogP) is 3.74. The van der Waals surface area contributed by atoms with E-state index >= 15 is 0 Å². The maximum absolute atomic E-state index is 11.4. The van der Waals surface area contributed by atoms with E-state index in [1.54, 1.807) is 12.1 Å². The highest BCUT2D eigenvalue weighted by molar-refractivity contribution is 5.92. The Bertz CT molecular complexity index is 901. The zero-order valence-electron chi connectivity index (χ0n) is 13.3. The van der Waals surface area contributed by atoms with Crippen molar-refractivity contribution in [3.05, 3.63) is 67.0 Å². The van der Waals surface area contributed by atoms with E-state index in [0.29, 0.717) is 11.5 Å². The summed E-state index contributed by atoms with van der Waals surface area (Å²) >= 11 is 0. The van der Waals surface area contributed by atoms with Crippen LogP contribution in [-0.2, 0) is 4.79 Å². The number of amides is 1. The van der Waals surface area contributed by atoms with E-state index in [1.165, 1.54) is 6.33 Å². The number of carbonyl (C=O) groups excluding carboxylic acids is 1. The molecule has 2 aromatic carbocycles. The zero-order valence-corrected chi connectivity index (χ0v) is 13.3. The second kappa shape index (κ2) is 7.70. The first-order chi connectivity index (χ1) is 12.2. The van der Waals surface area contributed by atoms with Crippen LogP contribution < -0.4 is 10.6 Å². The average Bonchev–Trinajstić information content (AvgIpc) is 2.65. The average molecular weight is 329 g/mol. The third-order valence-electron chi connectivity index (χ3n) is 3.42. The van der Waals surface area contributed by atoms with Crippen LogP contribution in [0.1, 0.15) is 6.42 Å². The van der Waals surface area contributed by atoms with Gasteiger partial charge in [0, 0.05) is 23.0 Å². The highest BCUT2D eigenvalue weighted by atomic mass is 16.1. The topological polar surface area (TPSA) is 90.7 Å². The van der Waals surface area contributed by atoms with Gasteiger partial charge < -0.3 is 10.6 Å². The van der Waals surface area contributed by atoms with E-state index in [4.69, 9.17) is 5.26 Å². The monoisotopic (exact) mass is 329 g/mol. The Morgan fingerprint density at radius 3 is 2.44 bits per heavy atom. The molecular formula is C19H15N5O. The standard InChI is InChI=1S/C19H15N5O/c20-11-10-19(25)24-16-8-6-15(7-9-16)23-18-12-17(21-13-22-18)14-4-2-1-3-5-14/h1-9,12-13H,10H2,(H,24,25)(H,21,22,23). The van der Waals surface area contributed by atoms with Crippen molar-refractivity contribution in [1.82, 2.24) is 9.97 Å². The third-order valence-corrected chi connectivity index (χ3v) is 3.42. The summed E-state index contributed by atoms with van der Waals surface area (Å²) in [5, 5.41) is 14.3. The molecule has 2 N–H and O–H groups in total. The van der Waals surface area contributed by atoms with Crippen LogP contribution in [0.5, 0.6) is 0 Å². The molecule has 0 atom stereocenters. The normalized spacial score (nSPS) is 9.88. The number of rotatable bonds is 5. The summed E-state index contributed by atoms with van der Waals surface area (Å²) < 4.78 is 0. The van der Waals surface area contributed by atoms with Gasteiger partial charge in [-0.25, -0.2) is 9.97 Å². The predicted molar refractivity (Wildman–Crippen MR) is 96.1 cm³/mol. The van der Waals surface area contributed by atoms with Gasteiger partial charge in [-0.1, -0.05) is 30.3 Å². The third kappa shape index (κ3) is 4.39. The molecular weight excluding hydrogens is 314 g/mol. The minimum atomic E-state index is -0.327. The molecule has 0 aliphatic rings. The summed E-state index contributed by atoms with van der Waals surface area (Å²) in [6.07, 6.45) is 1.35. The maximum atomic E-state index is 11.4. The van der Waals surface area contributed by atoms with Gasteiger partial charge in [0.2, 0.25) is 5.91 Å². The smallest absolute Gasteiger partial charge is 0.238 e. The van der Waals surface area contributed by atoms with E-state index in [9.17, 15) is 4.79 Å². The zero-order chi connectivity index (χ0) is 17.5. The first-order valence-corrected chi connectivity index (χ1v) is 7.66. The van der Waals surface area contributed by atoms with Crippen LogP contribution in [0.3, 0.4) is 0 Å². The van der Waals surface area contributed by atoms with Gasteiger partial charge in [0.15, 0.2) is 0 Å². The molecule has 0 spiro atoms. The van der Waals surface area contributed by atoms with Crippen LogP contribution in [0, 0.1) is 11.3 Å². The van der Waals surface area contributed by atoms with Crippen LogP contribution in [0.4, 0.5) is 17.2 Å². The van der Waals surface area contributed by atoms with Crippen LogP contribution in [0.15, 0.2) is 67.0 Å². The van der Waals surface area contributed by atoms with Crippen LogP contribution in [0.2, 0.25) is 0 Å². The van der Waals surface area contributed by atoms with Gasteiger partial charge in [-0.2, -0.15) is 5.26 Å². The molecule has 0 saturated carbocycles. The Morgan fingerprint density at radius 2 is 1.72 bits per heavy atom. The van der Waals surface area contributed by atoms with Crippen molar-refractivity contribution in [2.45, 2.75) is 6.42 Å². The Labute approximate surface area is 145 Å². The molecule has 25 heavy (non-hydrogen) atoms. The lowest BCUT2D eigenvalue weighted by Crippen LogP contribution is -2.09. The van der Waals surface area contributed by atoms with Gasteiger partial charge in [-0.3, -0.25) is 4.79 Å². The van der Waals surface area contributed by atoms with Gasteiger partial charge in [0.25, 0.3) is 0 Å². The SMILES string of the molecule is N#CCC(=O)Nc1ccc(Nc2cc(-c3ccccc3)ncn2)cc1. The quantitative estimate of drug-likeness (QED) is 0.744. The summed E-state index contributed by atoms with van der Waals surface area (Å²) in [7, 11) is 0. The van der Waals surface area contributed by atoms with Gasteiger partial charge in [0.1, 0.15) is 18.6 Å². The molecule has 1 amide bonds. The minimum absolute atomic E-state index is 0.163. The summed E-state index contributed by atoms with van der Waals surface area (Å²) in [5.41, 5.74) is 3.32. The molecule has 6 nitrogen and oxygen atoms in total. The largest absolute Gasteiger partial charge is 0.340 e. The highest BCUT2D eigenvalue weighted by Gasteiger charge is 2.04. The van der Waals surface area contributed by atoms with E-state index in [2.05, 4.69) is 20.6 Å². The lowest BCUT2D eigenvalue weighted by molar-refractivity contribution is -0.115. The number of hydrogen-bond donors (Lipinski definition) is 2. The molecule has 0 aliphatic carbocycles.